The van der Waals surface area contributed by atoms with E-state index in [4.69, 9.17) is 9.72 Å². The van der Waals surface area contributed by atoms with Crippen LogP contribution in [-0.2, 0) is 4.79 Å². The normalized spacial score (nSPS) is 11.1. The fraction of sp³-hybridized carbons (Fsp3) is 0.231. The van der Waals surface area contributed by atoms with Crippen molar-refractivity contribution < 1.29 is 9.53 Å². The van der Waals surface area contributed by atoms with Crippen LogP contribution in [0.4, 0.5) is 5.69 Å². The molecule has 0 bridgehead atoms. The third kappa shape index (κ3) is 4.62. The van der Waals surface area contributed by atoms with Gasteiger partial charge in [-0.2, -0.15) is 0 Å². The molecule has 1 aromatic heterocycles. The molecule has 1 amide bonds. The summed E-state index contributed by atoms with van der Waals surface area (Å²) in [5, 5.41) is 3.95. The molecular formula is C26H26N2O2S. The van der Waals surface area contributed by atoms with E-state index in [0.717, 1.165) is 48.9 Å². The van der Waals surface area contributed by atoms with Crippen LogP contribution in [0.3, 0.4) is 0 Å². The molecule has 158 valence electrons. The zero-order valence-corrected chi connectivity index (χ0v) is 19.0. The van der Waals surface area contributed by atoms with Gasteiger partial charge in [0, 0.05) is 11.3 Å². The molecule has 1 N–H and O–H groups in total. The van der Waals surface area contributed by atoms with Crippen molar-refractivity contribution in [3.63, 3.8) is 0 Å². The number of benzene rings is 3. The topological polar surface area (TPSA) is 51.2 Å². The van der Waals surface area contributed by atoms with Gasteiger partial charge in [-0.05, 0) is 60.7 Å². The van der Waals surface area contributed by atoms with Crippen molar-refractivity contribution >= 4 is 33.1 Å². The van der Waals surface area contributed by atoms with E-state index in [2.05, 4.69) is 37.4 Å². The molecule has 4 aromatic rings. The number of rotatable bonds is 6. The van der Waals surface area contributed by atoms with Gasteiger partial charge in [0.15, 0.2) is 6.61 Å². The van der Waals surface area contributed by atoms with E-state index >= 15 is 0 Å². The summed E-state index contributed by atoms with van der Waals surface area (Å²) in [5.74, 6) is 0.914. The number of thiazole rings is 1. The summed E-state index contributed by atoms with van der Waals surface area (Å²) in [6.45, 7) is 8.24. The zero-order chi connectivity index (χ0) is 22.0. The lowest BCUT2D eigenvalue weighted by Gasteiger charge is -2.15. The molecule has 0 saturated carbocycles. The van der Waals surface area contributed by atoms with E-state index in [1.165, 1.54) is 0 Å². The highest BCUT2D eigenvalue weighted by Crippen LogP contribution is 2.34. The number of hydrogen-bond donors (Lipinski definition) is 1. The van der Waals surface area contributed by atoms with Crippen molar-refractivity contribution in [2.24, 2.45) is 0 Å². The molecule has 4 rings (SSSR count). The molecule has 5 heteroatoms. The van der Waals surface area contributed by atoms with Crippen molar-refractivity contribution in [3.8, 4) is 16.3 Å². The van der Waals surface area contributed by atoms with Gasteiger partial charge < -0.3 is 10.1 Å². The fourth-order valence-corrected chi connectivity index (χ4v) is 4.61. The molecule has 0 saturated heterocycles. The number of anilines is 1. The van der Waals surface area contributed by atoms with Crippen LogP contribution in [0.5, 0.6) is 5.75 Å². The minimum atomic E-state index is -0.180. The van der Waals surface area contributed by atoms with Gasteiger partial charge in [0.25, 0.3) is 5.91 Å². The number of ether oxygens (including phenoxy) is 1. The lowest BCUT2D eigenvalue weighted by atomic mass is 10.0. The molecule has 0 aliphatic carbocycles. The maximum atomic E-state index is 12.6. The van der Waals surface area contributed by atoms with Crippen molar-refractivity contribution in [3.05, 3.63) is 77.4 Å². The standard InChI is InChI=1S/C26H26N2O2S/c1-16(2)19-13-12-17(3)14-23(19)30-15-25(29)27-21-10-7-8-20(18(21)4)26-28-22-9-5-6-11-24(22)31-26/h5-14,16H,15H2,1-4H3,(H,27,29). The second-order valence-electron chi connectivity index (χ2n) is 8.00. The number of fused-ring (bicyclic) bond motifs is 1. The molecule has 0 fully saturated rings. The summed E-state index contributed by atoms with van der Waals surface area (Å²) in [4.78, 5) is 17.4. The highest BCUT2D eigenvalue weighted by molar-refractivity contribution is 7.21. The predicted molar refractivity (Wildman–Crippen MR) is 129 cm³/mol. The van der Waals surface area contributed by atoms with E-state index in [-0.39, 0.29) is 12.5 Å². The second kappa shape index (κ2) is 8.90. The summed E-state index contributed by atoms with van der Waals surface area (Å²) >= 11 is 1.66. The maximum Gasteiger partial charge on any atom is 0.262 e. The number of nitrogens with zero attached hydrogens (tertiary/aromatic N) is 1. The Balaban J connectivity index is 1.50. The predicted octanol–water partition coefficient (Wildman–Crippen LogP) is 6.72. The first kappa shape index (κ1) is 21.1. The Bertz CT molecular complexity index is 1210. The number of aromatic nitrogens is 1. The smallest absolute Gasteiger partial charge is 0.262 e. The van der Waals surface area contributed by atoms with Crippen LogP contribution < -0.4 is 10.1 Å². The van der Waals surface area contributed by atoms with E-state index in [0.29, 0.717) is 5.92 Å². The van der Waals surface area contributed by atoms with E-state index in [1.54, 1.807) is 11.3 Å². The molecule has 4 nitrogen and oxygen atoms in total. The number of carbonyl (C=O) groups excluding carboxylic acids is 1. The first-order valence-electron chi connectivity index (χ1n) is 10.4. The first-order chi connectivity index (χ1) is 14.9. The van der Waals surface area contributed by atoms with Crippen LogP contribution in [0, 0.1) is 13.8 Å². The van der Waals surface area contributed by atoms with Gasteiger partial charge in [0.05, 0.1) is 10.2 Å². The van der Waals surface area contributed by atoms with Gasteiger partial charge in [0.1, 0.15) is 10.8 Å². The molecule has 0 atom stereocenters. The Morgan fingerprint density at radius 2 is 1.87 bits per heavy atom. The lowest BCUT2D eigenvalue weighted by Crippen LogP contribution is -2.21. The number of para-hydroxylation sites is 1. The van der Waals surface area contributed by atoms with Crippen LogP contribution in [0.25, 0.3) is 20.8 Å². The number of carbonyl (C=O) groups is 1. The summed E-state index contributed by atoms with van der Waals surface area (Å²) in [6, 6.07) is 20.1. The Labute approximate surface area is 186 Å². The molecule has 0 spiro atoms. The van der Waals surface area contributed by atoms with Gasteiger partial charge in [-0.25, -0.2) is 4.98 Å². The monoisotopic (exact) mass is 430 g/mol. The Morgan fingerprint density at radius 1 is 1.06 bits per heavy atom. The van der Waals surface area contributed by atoms with Crippen LogP contribution in [0.1, 0.15) is 36.5 Å². The summed E-state index contributed by atoms with van der Waals surface area (Å²) in [6.07, 6.45) is 0. The molecule has 31 heavy (non-hydrogen) atoms. The highest BCUT2D eigenvalue weighted by Gasteiger charge is 2.14. The molecule has 3 aromatic carbocycles. The quantitative estimate of drug-likeness (QED) is 0.369. The number of hydrogen-bond acceptors (Lipinski definition) is 4. The summed E-state index contributed by atoms with van der Waals surface area (Å²) < 4.78 is 7.04. The van der Waals surface area contributed by atoms with Crippen LogP contribution >= 0.6 is 11.3 Å². The van der Waals surface area contributed by atoms with Crippen molar-refractivity contribution in [1.29, 1.82) is 0 Å². The van der Waals surface area contributed by atoms with Gasteiger partial charge in [0.2, 0.25) is 0 Å². The Morgan fingerprint density at radius 3 is 2.65 bits per heavy atom. The van der Waals surface area contributed by atoms with Gasteiger partial charge >= 0.3 is 0 Å². The summed E-state index contributed by atoms with van der Waals surface area (Å²) in [5.41, 5.74) is 6.00. The molecular weight excluding hydrogens is 404 g/mol. The third-order valence-corrected chi connectivity index (χ3v) is 6.35. The van der Waals surface area contributed by atoms with Crippen molar-refractivity contribution in [1.82, 2.24) is 4.98 Å². The molecule has 0 aliphatic rings. The molecule has 0 unspecified atom stereocenters. The van der Waals surface area contributed by atoms with Crippen LogP contribution in [-0.4, -0.2) is 17.5 Å². The number of amides is 1. The average Bonchev–Trinajstić information content (AvgIpc) is 3.17. The van der Waals surface area contributed by atoms with Crippen LogP contribution in [0.15, 0.2) is 60.7 Å². The zero-order valence-electron chi connectivity index (χ0n) is 18.2. The van der Waals surface area contributed by atoms with Crippen LogP contribution in [0.2, 0.25) is 0 Å². The van der Waals surface area contributed by atoms with Gasteiger partial charge in [-0.15, -0.1) is 11.3 Å². The van der Waals surface area contributed by atoms with E-state index in [1.807, 2.05) is 56.3 Å². The largest absolute Gasteiger partial charge is 0.483 e. The molecule has 0 radical (unpaired) electrons. The maximum absolute atomic E-state index is 12.6. The van der Waals surface area contributed by atoms with E-state index < -0.39 is 0 Å². The second-order valence-corrected chi connectivity index (χ2v) is 9.03. The Kier molecular flexibility index (Phi) is 6.05. The fourth-order valence-electron chi connectivity index (χ4n) is 3.56. The first-order valence-corrected chi connectivity index (χ1v) is 11.2. The molecule has 0 aliphatic heterocycles. The summed E-state index contributed by atoms with van der Waals surface area (Å²) in [7, 11) is 0. The molecule has 1 heterocycles. The minimum absolute atomic E-state index is 0.0338. The van der Waals surface area contributed by atoms with Gasteiger partial charge in [-0.1, -0.05) is 50.2 Å². The van der Waals surface area contributed by atoms with Crippen molar-refractivity contribution in [2.75, 3.05) is 11.9 Å². The highest BCUT2D eigenvalue weighted by atomic mass is 32.1. The van der Waals surface area contributed by atoms with E-state index in [9.17, 15) is 4.79 Å². The third-order valence-electron chi connectivity index (χ3n) is 5.28. The SMILES string of the molecule is Cc1ccc(C(C)C)c(OCC(=O)Nc2cccc(-c3nc4ccccc4s3)c2C)c1. The minimum Gasteiger partial charge on any atom is -0.483 e. The lowest BCUT2D eigenvalue weighted by molar-refractivity contribution is -0.118. The number of nitrogens with one attached hydrogen (secondary N) is 1. The number of aryl methyl sites for hydroxylation is 1. The Hall–Kier alpha value is -3.18. The van der Waals surface area contributed by atoms with Crippen molar-refractivity contribution in [2.45, 2.75) is 33.6 Å². The average molecular weight is 431 g/mol. The van der Waals surface area contributed by atoms with Gasteiger partial charge in [-0.3, -0.25) is 4.79 Å².